The number of carbonyl (C=O) groups is 2. The van der Waals surface area contributed by atoms with Gasteiger partial charge in [0.05, 0.1) is 0 Å². The molecule has 3 aliphatic heterocycles. The Morgan fingerprint density at radius 1 is 0.889 bits per heavy atom. The van der Waals surface area contributed by atoms with Crippen molar-refractivity contribution < 1.29 is 19.4 Å². The van der Waals surface area contributed by atoms with Crippen LogP contribution in [0.15, 0.2) is 42.5 Å². The SMILES string of the molecule is O=C1C[C@@H]2NCCCNCCCCN(CCCN1)C(=O)[C@@H]1c3c(cccc32)O[C@H]1c1ccc(O)cc1. The molecular formula is C28H36N4O4. The molecule has 0 aromatic heterocycles. The van der Waals surface area contributed by atoms with Crippen molar-refractivity contribution in [1.29, 1.82) is 0 Å². The summed E-state index contributed by atoms with van der Waals surface area (Å²) in [5.74, 6) is 0.426. The monoisotopic (exact) mass is 492 g/mol. The summed E-state index contributed by atoms with van der Waals surface area (Å²) in [6.45, 7) is 4.42. The highest BCUT2D eigenvalue weighted by molar-refractivity contribution is 5.87. The third-order valence-electron chi connectivity index (χ3n) is 7.41. The van der Waals surface area contributed by atoms with Gasteiger partial charge in [-0.15, -0.1) is 0 Å². The van der Waals surface area contributed by atoms with Gasteiger partial charge >= 0.3 is 0 Å². The number of amides is 2. The van der Waals surface area contributed by atoms with Crippen molar-refractivity contribution in [2.24, 2.45) is 0 Å². The number of phenols is 1. The zero-order valence-electron chi connectivity index (χ0n) is 20.7. The number of phenolic OH excluding ortho intramolecular Hbond substituents is 1. The van der Waals surface area contributed by atoms with Gasteiger partial charge < -0.3 is 30.7 Å². The quantitative estimate of drug-likeness (QED) is 0.488. The maximum absolute atomic E-state index is 14.3. The predicted octanol–water partition coefficient (Wildman–Crippen LogP) is 2.75. The first-order chi connectivity index (χ1) is 17.6. The first kappa shape index (κ1) is 24.6. The first-order valence-electron chi connectivity index (χ1n) is 13.2. The van der Waals surface area contributed by atoms with E-state index in [0.717, 1.165) is 55.6 Å². The lowest BCUT2D eigenvalue weighted by atomic mass is 9.84. The highest BCUT2D eigenvalue weighted by atomic mass is 16.5. The lowest BCUT2D eigenvalue weighted by Gasteiger charge is -2.30. The van der Waals surface area contributed by atoms with E-state index in [1.165, 1.54) is 0 Å². The Bertz CT molecular complexity index is 1070. The second kappa shape index (κ2) is 11.3. The molecule has 0 saturated carbocycles. The van der Waals surface area contributed by atoms with Gasteiger partial charge in [-0.1, -0.05) is 24.3 Å². The van der Waals surface area contributed by atoms with E-state index in [0.29, 0.717) is 38.2 Å². The minimum absolute atomic E-state index is 0.0107. The number of fused-ring (bicyclic) bond motifs is 1. The summed E-state index contributed by atoms with van der Waals surface area (Å²) >= 11 is 0. The fourth-order valence-electron chi connectivity index (χ4n) is 5.58. The zero-order chi connectivity index (χ0) is 24.9. The minimum Gasteiger partial charge on any atom is -0.508 e. The van der Waals surface area contributed by atoms with Gasteiger partial charge in [-0.3, -0.25) is 9.59 Å². The number of hydrogen-bond donors (Lipinski definition) is 4. The van der Waals surface area contributed by atoms with E-state index in [1.54, 1.807) is 12.1 Å². The van der Waals surface area contributed by atoms with E-state index in [1.807, 2.05) is 35.2 Å². The van der Waals surface area contributed by atoms with Crippen LogP contribution < -0.4 is 20.7 Å². The number of aromatic hydroxyl groups is 1. The van der Waals surface area contributed by atoms with Crippen LogP contribution in [0.25, 0.3) is 0 Å². The van der Waals surface area contributed by atoms with Crippen LogP contribution in [0.1, 0.15) is 66.9 Å². The number of rotatable bonds is 1. The molecule has 8 nitrogen and oxygen atoms in total. The molecule has 2 amide bonds. The largest absolute Gasteiger partial charge is 0.508 e. The van der Waals surface area contributed by atoms with Crippen LogP contribution in [0.2, 0.25) is 0 Å². The molecule has 8 heteroatoms. The summed E-state index contributed by atoms with van der Waals surface area (Å²) in [6.07, 6.45) is 3.39. The Labute approximate surface area is 212 Å². The van der Waals surface area contributed by atoms with Crippen molar-refractivity contribution in [3.8, 4) is 11.5 Å². The average molecular weight is 493 g/mol. The van der Waals surface area contributed by atoms with Crippen LogP contribution in [0.5, 0.6) is 11.5 Å². The smallest absolute Gasteiger partial charge is 0.234 e. The van der Waals surface area contributed by atoms with Crippen molar-refractivity contribution in [2.45, 2.75) is 50.2 Å². The third kappa shape index (κ3) is 5.34. The molecule has 2 aromatic rings. The Morgan fingerprint density at radius 2 is 1.69 bits per heavy atom. The number of ether oxygens (including phenoxy) is 1. The fraction of sp³-hybridized carbons (Fsp3) is 0.500. The molecule has 5 rings (SSSR count). The highest BCUT2D eigenvalue weighted by Gasteiger charge is 2.44. The summed E-state index contributed by atoms with van der Waals surface area (Å²) in [7, 11) is 0. The normalized spacial score (nSPS) is 25.8. The van der Waals surface area contributed by atoms with Crippen molar-refractivity contribution in [3.05, 3.63) is 59.2 Å². The Morgan fingerprint density at radius 3 is 2.56 bits per heavy atom. The Balaban J connectivity index is 1.62. The summed E-state index contributed by atoms with van der Waals surface area (Å²) in [4.78, 5) is 29.2. The molecule has 0 unspecified atom stereocenters. The van der Waals surface area contributed by atoms with Gasteiger partial charge in [0.15, 0.2) is 0 Å². The van der Waals surface area contributed by atoms with Crippen molar-refractivity contribution in [2.75, 3.05) is 39.3 Å². The number of carbonyl (C=O) groups excluding carboxylic acids is 2. The van der Waals surface area contributed by atoms with E-state index in [4.69, 9.17) is 4.74 Å². The molecule has 2 bridgehead atoms. The second-order valence-corrected chi connectivity index (χ2v) is 9.92. The van der Waals surface area contributed by atoms with E-state index in [-0.39, 0.29) is 23.6 Å². The number of benzene rings is 2. The van der Waals surface area contributed by atoms with Crippen molar-refractivity contribution in [3.63, 3.8) is 0 Å². The lowest BCUT2D eigenvalue weighted by Crippen LogP contribution is -2.41. The molecule has 2 aromatic carbocycles. The third-order valence-corrected chi connectivity index (χ3v) is 7.41. The van der Waals surface area contributed by atoms with Gasteiger partial charge in [0.1, 0.15) is 23.5 Å². The number of hydrogen-bond acceptors (Lipinski definition) is 6. The molecule has 0 radical (unpaired) electrons. The molecular weight excluding hydrogens is 456 g/mol. The Hall–Kier alpha value is -3.10. The first-order valence-corrected chi connectivity index (χ1v) is 13.2. The summed E-state index contributed by atoms with van der Waals surface area (Å²) in [6, 6.07) is 12.6. The summed E-state index contributed by atoms with van der Waals surface area (Å²) < 4.78 is 6.48. The Kier molecular flexibility index (Phi) is 7.72. The van der Waals surface area contributed by atoms with Gasteiger partial charge in [0.2, 0.25) is 11.8 Å². The molecule has 0 saturated heterocycles. The standard InChI is InChI=1S/C28H36N4O4/c33-20-10-8-19(9-11-20)27-26-25-21(6-3-7-23(25)36-27)22-18-24(34)31-15-5-17-32(28(26)35)16-2-1-12-29-13-4-14-30-22/h3,6-11,22,26-27,29-30,33H,1-2,4-5,12-18H2,(H,31,34)/t22-,26+,27-/m0/s1. The average Bonchev–Trinajstić information content (AvgIpc) is 3.27. The number of nitrogens with one attached hydrogen (secondary N) is 3. The van der Waals surface area contributed by atoms with Gasteiger partial charge in [0, 0.05) is 37.7 Å². The van der Waals surface area contributed by atoms with Crippen LogP contribution in [0.4, 0.5) is 0 Å². The maximum atomic E-state index is 14.3. The molecule has 0 fully saturated rings. The number of nitrogens with zero attached hydrogens (tertiary/aromatic N) is 1. The molecule has 0 spiro atoms. The second-order valence-electron chi connectivity index (χ2n) is 9.92. The highest BCUT2D eigenvalue weighted by Crippen LogP contribution is 2.50. The van der Waals surface area contributed by atoms with E-state index in [2.05, 4.69) is 16.0 Å². The summed E-state index contributed by atoms with van der Waals surface area (Å²) in [5.41, 5.74) is 2.68. The van der Waals surface area contributed by atoms with Crippen molar-refractivity contribution in [1.82, 2.24) is 20.9 Å². The van der Waals surface area contributed by atoms with Crippen LogP contribution in [-0.2, 0) is 9.59 Å². The van der Waals surface area contributed by atoms with Gasteiger partial charge in [-0.25, -0.2) is 0 Å². The lowest BCUT2D eigenvalue weighted by molar-refractivity contribution is -0.134. The topological polar surface area (TPSA) is 103 Å². The van der Waals surface area contributed by atoms with Crippen LogP contribution in [0, 0.1) is 0 Å². The zero-order valence-corrected chi connectivity index (χ0v) is 20.7. The molecule has 3 atom stereocenters. The maximum Gasteiger partial charge on any atom is 0.234 e. The van der Waals surface area contributed by atoms with E-state index in [9.17, 15) is 14.7 Å². The fourth-order valence-corrected chi connectivity index (χ4v) is 5.58. The van der Waals surface area contributed by atoms with Gasteiger partial charge in [0.25, 0.3) is 0 Å². The molecule has 36 heavy (non-hydrogen) atoms. The molecule has 0 aliphatic carbocycles. The van der Waals surface area contributed by atoms with Crippen molar-refractivity contribution >= 4 is 11.8 Å². The molecule has 3 heterocycles. The summed E-state index contributed by atoms with van der Waals surface area (Å²) in [5, 5.41) is 20.0. The predicted molar refractivity (Wildman–Crippen MR) is 137 cm³/mol. The molecule has 3 aliphatic rings. The van der Waals surface area contributed by atoms with Gasteiger partial charge in [-0.2, -0.15) is 0 Å². The van der Waals surface area contributed by atoms with Crippen LogP contribution in [0.3, 0.4) is 0 Å². The minimum atomic E-state index is -0.518. The van der Waals surface area contributed by atoms with Crippen LogP contribution in [-0.4, -0.2) is 61.1 Å². The van der Waals surface area contributed by atoms with E-state index >= 15 is 0 Å². The molecule has 4 N–H and O–H groups in total. The van der Waals surface area contributed by atoms with E-state index < -0.39 is 12.0 Å². The van der Waals surface area contributed by atoms with Crippen LogP contribution >= 0.6 is 0 Å². The van der Waals surface area contributed by atoms with Gasteiger partial charge in [-0.05, 0) is 74.6 Å². The molecule has 192 valence electrons.